The number of halogens is 1. The summed E-state index contributed by atoms with van der Waals surface area (Å²) in [6.45, 7) is 2.28. The third kappa shape index (κ3) is 3.39. The van der Waals surface area contributed by atoms with Gasteiger partial charge in [0.15, 0.2) is 0 Å². The summed E-state index contributed by atoms with van der Waals surface area (Å²) in [5.41, 5.74) is 4.07. The number of nitrogens with zero attached hydrogens (tertiary/aromatic N) is 1. The van der Waals surface area contributed by atoms with Crippen molar-refractivity contribution < 1.29 is 14.0 Å². The number of hydrogen-bond acceptors (Lipinski definition) is 2. The number of fused-ring (bicyclic) bond motifs is 1. The van der Waals surface area contributed by atoms with Crippen molar-refractivity contribution in [3.8, 4) is 0 Å². The molecule has 0 unspecified atom stereocenters. The van der Waals surface area contributed by atoms with Gasteiger partial charge in [-0.15, -0.1) is 0 Å². The fraction of sp³-hybridized carbons (Fsp3) is 0.130. The largest absolute Gasteiger partial charge is 0.322 e. The highest BCUT2D eigenvalue weighted by Crippen LogP contribution is 2.29. The smallest absolute Gasteiger partial charge is 0.258 e. The van der Waals surface area contributed by atoms with Gasteiger partial charge in [-0.2, -0.15) is 0 Å². The molecule has 140 valence electrons. The summed E-state index contributed by atoms with van der Waals surface area (Å²) in [6, 6.07) is 18.9. The van der Waals surface area contributed by atoms with E-state index in [1.54, 1.807) is 36.1 Å². The third-order valence-corrected chi connectivity index (χ3v) is 4.94. The highest BCUT2D eigenvalue weighted by Gasteiger charge is 2.25. The molecule has 0 atom stereocenters. The van der Waals surface area contributed by atoms with Crippen LogP contribution in [0.1, 0.15) is 31.8 Å². The number of aryl methyl sites for hydroxylation is 1. The zero-order valence-electron chi connectivity index (χ0n) is 15.4. The van der Waals surface area contributed by atoms with Crippen LogP contribution in [0.2, 0.25) is 0 Å². The van der Waals surface area contributed by atoms with Crippen LogP contribution in [0.5, 0.6) is 0 Å². The standard InChI is InChI=1S/C23H19FN2O2/c1-15-14-18(8-11-20(15)24)22(27)25-19-9-6-17(7-10-19)23(28)26-13-12-16-4-2-3-5-21(16)26/h2-11,14H,12-13H2,1H3,(H,25,27). The molecule has 1 aliphatic heterocycles. The Morgan fingerprint density at radius 1 is 0.964 bits per heavy atom. The van der Waals surface area contributed by atoms with Crippen LogP contribution in [-0.2, 0) is 6.42 Å². The lowest BCUT2D eigenvalue weighted by Gasteiger charge is -2.17. The highest BCUT2D eigenvalue weighted by atomic mass is 19.1. The van der Waals surface area contributed by atoms with E-state index in [1.165, 1.54) is 23.8 Å². The van der Waals surface area contributed by atoms with Crippen molar-refractivity contribution in [3.05, 3.63) is 94.8 Å². The minimum atomic E-state index is -0.345. The SMILES string of the molecule is Cc1cc(C(=O)Nc2ccc(C(=O)N3CCc4ccccc43)cc2)ccc1F. The number of hydrogen-bond donors (Lipinski definition) is 1. The number of rotatable bonds is 3. The first-order valence-corrected chi connectivity index (χ1v) is 9.10. The van der Waals surface area contributed by atoms with Gasteiger partial charge in [0.25, 0.3) is 11.8 Å². The summed E-state index contributed by atoms with van der Waals surface area (Å²) in [7, 11) is 0. The summed E-state index contributed by atoms with van der Waals surface area (Å²) in [4.78, 5) is 27.0. The Hall–Kier alpha value is -3.47. The number of para-hydroxylation sites is 1. The number of anilines is 2. The lowest BCUT2D eigenvalue weighted by Crippen LogP contribution is -2.28. The molecule has 3 aromatic carbocycles. The van der Waals surface area contributed by atoms with Crippen LogP contribution in [0.15, 0.2) is 66.7 Å². The first-order chi connectivity index (χ1) is 13.5. The van der Waals surface area contributed by atoms with E-state index in [9.17, 15) is 14.0 Å². The van der Waals surface area contributed by atoms with Gasteiger partial charge in [0.2, 0.25) is 0 Å². The molecule has 1 N–H and O–H groups in total. The molecule has 4 nitrogen and oxygen atoms in total. The van der Waals surface area contributed by atoms with Gasteiger partial charge in [0.05, 0.1) is 0 Å². The van der Waals surface area contributed by atoms with Gasteiger partial charge in [-0.25, -0.2) is 4.39 Å². The molecule has 3 aromatic rings. The van der Waals surface area contributed by atoms with Crippen LogP contribution < -0.4 is 10.2 Å². The summed E-state index contributed by atoms with van der Waals surface area (Å²) < 4.78 is 13.4. The average Bonchev–Trinajstić information content (AvgIpc) is 3.14. The molecule has 0 bridgehead atoms. The summed E-state index contributed by atoms with van der Waals surface area (Å²) in [5, 5.41) is 2.77. The Bertz CT molecular complexity index is 1060. The van der Waals surface area contributed by atoms with E-state index in [0.717, 1.165) is 12.1 Å². The minimum Gasteiger partial charge on any atom is -0.322 e. The normalized spacial score (nSPS) is 12.6. The molecule has 1 heterocycles. The van der Waals surface area contributed by atoms with Crippen molar-refractivity contribution in [2.45, 2.75) is 13.3 Å². The van der Waals surface area contributed by atoms with Crippen LogP contribution in [0.3, 0.4) is 0 Å². The third-order valence-electron chi connectivity index (χ3n) is 4.94. The molecule has 0 aliphatic carbocycles. The van der Waals surface area contributed by atoms with Crippen LogP contribution in [0.25, 0.3) is 0 Å². The van der Waals surface area contributed by atoms with E-state index < -0.39 is 0 Å². The van der Waals surface area contributed by atoms with E-state index in [2.05, 4.69) is 5.32 Å². The van der Waals surface area contributed by atoms with E-state index in [4.69, 9.17) is 0 Å². The van der Waals surface area contributed by atoms with Crippen LogP contribution >= 0.6 is 0 Å². The molecule has 0 saturated carbocycles. The maximum Gasteiger partial charge on any atom is 0.258 e. The fourth-order valence-electron chi connectivity index (χ4n) is 3.39. The van der Waals surface area contributed by atoms with Gasteiger partial charge in [-0.3, -0.25) is 9.59 Å². The van der Waals surface area contributed by atoms with E-state index in [-0.39, 0.29) is 17.6 Å². The van der Waals surface area contributed by atoms with Crippen LogP contribution in [-0.4, -0.2) is 18.4 Å². The molecule has 0 aromatic heterocycles. The Balaban J connectivity index is 1.47. The van der Waals surface area contributed by atoms with Crippen molar-refractivity contribution in [2.24, 2.45) is 0 Å². The second-order valence-electron chi connectivity index (χ2n) is 6.83. The molecule has 4 rings (SSSR count). The molecular weight excluding hydrogens is 355 g/mol. The van der Waals surface area contributed by atoms with Crippen molar-refractivity contribution in [1.29, 1.82) is 0 Å². The minimum absolute atomic E-state index is 0.0583. The van der Waals surface area contributed by atoms with Gasteiger partial charge in [0.1, 0.15) is 5.82 Å². The van der Waals surface area contributed by atoms with Gasteiger partial charge < -0.3 is 10.2 Å². The topological polar surface area (TPSA) is 49.4 Å². The molecular formula is C23H19FN2O2. The summed E-state index contributed by atoms with van der Waals surface area (Å²) >= 11 is 0. The number of carbonyl (C=O) groups is 2. The second kappa shape index (κ2) is 7.27. The molecule has 0 fully saturated rings. The molecule has 5 heteroatoms. The predicted molar refractivity (Wildman–Crippen MR) is 107 cm³/mol. The predicted octanol–water partition coefficient (Wildman–Crippen LogP) is 4.59. The van der Waals surface area contributed by atoms with Gasteiger partial charge in [-0.05, 0) is 73.0 Å². The Morgan fingerprint density at radius 3 is 2.43 bits per heavy atom. The lowest BCUT2D eigenvalue weighted by molar-refractivity contribution is 0.0988. The molecule has 28 heavy (non-hydrogen) atoms. The van der Waals surface area contributed by atoms with Gasteiger partial charge in [0, 0.05) is 29.0 Å². The monoisotopic (exact) mass is 374 g/mol. The van der Waals surface area contributed by atoms with Gasteiger partial charge >= 0.3 is 0 Å². The maximum atomic E-state index is 13.4. The molecule has 1 aliphatic rings. The maximum absolute atomic E-state index is 13.4. The van der Waals surface area contributed by atoms with Crippen LogP contribution in [0.4, 0.5) is 15.8 Å². The zero-order valence-corrected chi connectivity index (χ0v) is 15.4. The summed E-state index contributed by atoms with van der Waals surface area (Å²) in [6.07, 6.45) is 0.854. The second-order valence-corrected chi connectivity index (χ2v) is 6.83. The van der Waals surface area contributed by atoms with E-state index in [1.807, 2.05) is 24.3 Å². The Kier molecular flexibility index (Phi) is 4.65. The number of benzene rings is 3. The Labute approximate surface area is 162 Å². The van der Waals surface area contributed by atoms with Crippen LogP contribution in [0, 0.1) is 12.7 Å². The highest BCUT2D eigenvalue weighted by molar-refractivity contribution is 6.08. The summed E-state index contributed by atoms with van der Waals surface area (Å²) in [5.74, 6) is -0.726. The number of amides is 2. The average molecular weight is 374 g/mol. The van der Waals surface area contributed by atoms with Crippen molar-refractivity contribution in [3.63, 3.8) is 0 Å². The fourth-order valence-corrected chi connectivity index (χ4v) is 3.39. The molecule has 2 amide bonds. The van der Waals surface area contributed by atoms with Crippen molar-refractivity contribution in [2.75, 3.05) is 16.8 Å². The molecule has 0 spiro atoms. The lowest BCUT2D eigenvalue weighted by atomic mass is 10.1. The first kappa shape index (κ1) is 17.9. The quantitative estimate of drug-likeness (QED) is 0.729. The number of nitrogens with one attached hydrogen (secondary N) is 1. The van der Waals surface area contributed by atoms with Gasteiger partial charge in [-0.1, -0.05) is 18.2 Å². The Morgan fingerprint density at radius 2 is 1.68 bits per heavy atom. The van der Waals surface area contributed by atoms with Crippen molar-refractivity contribution >= 4 is 23.2 Å². The van der Waals surface area contributed by atoms with Crippen molar-refractivity contribution in [1.82, 2.24) is 0 Å². The first-order valence-electron chi connectivity index (χ1n) is 9.10. The van der Waals surface area contributed by atoms with E-state index in [0.29, 0.717) is 28.9 Å². The zero-order chi connectivity index (χ0) is 19.7. The van der Waals surface area contributed by atoms with E-state index >= 15 is 0 Å². The molecule has 0 saturated heterocycles. The number of carbonyl (C=O) groups excluding carboxylic acids is 2. The molecule has 0 radical (unpaired) electrons.